The Balaban J connectivity index is 0.000000252. The highest BCUT2D eigenvalue weighted by Gasteiger charge is 1.80. The molecular weight excluding hydrogens is 164 g/mol. The minimum Gasteiger partial charge on any atom is -0.389 e. The molecule has 1 aromatic carbocycles. The van der Waals surface area contributed by atoms with Crippen molar-refractivity contribution in [1.29, 1.82) is 0 Å². The van der Waals surface area contributed by atoms with Gasteiger partial charge >= 0.3 is 0 Å². The van der Waals surface area contributed by atoms with Crippen LogP contribution in [0.2, 0.25) is 0 Å². The lowest BCUT2D eigenvalue weighted by Crippen LogP contribution is -1.93. The number of carbonyl (C=O) groups is 1. The van der Waals surface area contributed by atoms with E-state index in [-0.39, 0.29) is 12.4 Å². The Morgan fingerprint density at radius 2 is 1.38 bits per heavy atom. The molecule has 1 N–H and O–H groups in total. The second kappa shape index (κ2) is 6.38. The van der Waals surface area contributed by atoms with Crippen LogP contribution in [0.4, 0.5) is 0 Å². The van der Waals surface area contributed by atoms with Crippen molar-refractivity contribution in [2.75, 3.05) is 6.61 Å². The second-order valence-corrected chi connectivity index (χ2v) is 3.01. The van der Waals surface area contributed by atoms with Crippen LogP contribution in [-0.4, -0.2) is 17.5 Å². The van der Waals surface area contributed by atoms with Crippen LogP contribution in [0.15, 0.2) is 24.3 Å². The summed E-state index contributed by atoms with van der Waals surface area (Å²) in [4.78, 5) is 9.56. The minimum atomic E-state index is -0.333. The van der Waals surface area contributed by atoms with E-state index in [2.05, 4.69) is 38.1 Å². The molecule has 1 rings (SSSR count). The third-order valence-electron chi connectivity index (χ3n) is 1.44. The number of aryl methyl sites for hydroxylation is 2. The Morgan fingerprint density at radius 1 is 1.15 bits per heavy atom. The zero-order chi connectivity index (χ0) is 10.3. The number of hydrogen-bond donors (Lipinski definition) is 1. The van der Waals surface area contributed by atoms with E-state index in [0.29, 0.717) is 0 Å². The van der Waals surface area contributed by atoms with Gasteiger partial charge in [0.15, 0.2) is 5.78 Å². The highest BCUT2D eigenvalue weighted by molar-refractivity contribution is 5.76. The third kappa shape index (κ3) is 7.22. The Hall–Kier alpha value is -1.15. The van der Waals surface area contributed by atoms with E-state index in [9.17, 15) is 4.79 Å². The molecule has 0 atom stereocenters. The summed E-state index contributed by atoms with van der Waals surface area (Å²) in [5.74, 6) is -0.190. The summed E-state index contributed by atoms with van der Waals surface area (Å²) in [5.41, 5.74) is 2.66. The second-order valence-electron chi connectivity index (χ2n) is 3.01. The number of aliphatic hydroxyl groups is 1. The molecular formula is C11H16O2. The van der Waals surface area contributed by atoms with Crippen LogP contribution >= 0.6 is 0 Å². The van der Waals surface area contributed by atoms with Gasteiger partial charge in [0.05, 0.1) is 0 Å². The number of rotatable bonds is 1. The summed E-state index contributed by atoms with van der Waals surface area (Å²) in [6.45, 7) is 5.19. The average molecular weight is 180 g/mol. The minimum absolute atomic E-state index is 0.190. The van der Waals surface area contributed by atoms with Crippen LogP contribution < -0.4 is 0 Å². The predicted molar refractivity (Wildman–Crippen MR) is 53.7 cm³/mol. The first-order valence-corrected chi connectivity index (χ1v) is 4.20. The monoisotopic (exact) mass is 180 g/mol. The molecule has 0 heterocycles. The highest BCUT2D eigenvalue weighted by Crippen LogP contribution is 1.99. The molecule has 1 aromatic rings. The van der Waals surface area contributed by atoms with Crippen LogP contribution in [0.5, 0.6) is 0 Å². The topological polar surface area (TPSA) is 37.3 Å². The Bertz CT molecular complexity index is 228. The van der Waals surface area contributed by atoms with Crippen molar-refractivity contribution in [1.82, 2.24) is 0 Å². The molecule has 0 bridgehead atoms. The number of benzene rings is 1. The van der Waals surface area contributed by atoms with Gasteiger partial charge in [0.2, 0.25) is 0 Å². The fraction of sp³-hybridized carbons (Fsp3) is 0.364. The van der Waals surface area contributed by atoms with Crippen LogP contribution in [0.25, 0.3) is 0 Å². The van der Waals surface area contributed by atoms with Gasteiger partial charge in [-0.25, -0.2) is 0 Å². The van der Waals surface area contributed by atoms with E-state index in [1.807, 2.05) is 0 Å². The maximum Gasteiger partial charge on any atom is 0.155 e. The van der Waals surface area contributed by atoms with Gasteiger partial charge in [0.25, 0.3) is 0 Å². The lowest BCUT2D eigenvalue weighted by atomic mass is 10.2. The SMILES string of the molecule is CC(=O)CO.Cc1ccc(C)cc1. The molecule has 2 nitrogen and oxygen atoms in total. The van der Waals surface area contributed by atoms with E-state index < -0.39 is 0 Å². The maximum absolute atomic E-state index is 9.56. The first kappa shape index (κ1) is 11.8. The van der Waals surface area contributed by atoms with Gasteiger partial charge in [-0.2, -0.15) is 0 Å². The first-order valence-electron chi connectivity index (χ1n) is 4.20. The normalized spacial score (nSPS) is 8.62. The molecule has 0 aliphatic rings. The largest absolute Gasteiger partial charge is 0.389 e. The van der Waals surface area contributed by atoms with E-state index >= 15 is 0 Å². The Morgan fingerprint density at radius 3 is 1.54 bits per heavy atom. The summed E-state index contributed by atoms with van der Waals surface area (Å²) >= 11 is 0. The van der Waals surface area contributed by atoms with E-state index in [0.717, 1.165) is 0 Å². The maximum atomic E-state index is 9.56. The summed E-state index contributed by atoms with van der Waals surface area (Å²) in [7, 11) is 0. The number of ketones is 1. The van der Waals surface area contributed by atoms with Crippen molar-refractivity contribution in [2.24, 2.45) is 0 Å². The number of carbonyl (C=O) groups excluding carboxylic acids is 1. The molecule has 0 aromatic heterocycles. The van der Waals surface area contributed by atoms with Crippen LogP contribution in [-0.2, 0) is 4.79 Å². The Kier molecular flexibility index (Phi) is 5.81. The van der Waals surface area contributed by atoms with Crippen molar-refractivity contribution >= 4 is 5.78 Å². The lowest BCUT2D eigenvalue weighted by Gasteiger charge is -1.90. The molecule has 13 heavy (non-hydrogen) atoms. The van der Waals surface area contributed by atoms with Crippen molar-refractivity contribution in [3.63, 3.8) is 0 Å². The van der Waals surface area contributed by atoms with E-state index in [4.69, 9.17) is 5.11 Å². The molecule has 0 saturated heterocycles. The molecule has 0 aliphatic heterocycles. The van der Waals surface area contributed by atoms with E-state index in [1.165, 1.54) is 18.1 Å². The predicted octanol–water partition coefficient (Wildman–Crippen LogP) is 1.87. The highest BCUT2D eigenvalue weighted by atomic mass is 16.3. The van der Waals surface area contributed by atoms with Crippen molar-refractivity contribution < 1.29 is 9.90 Å². The zero-order valence-electron chi connectivity index (χ0n) is 8.37. The van der Waals surface area contributed by atoms with Gasteiger partial charge in [-0.05, 0) is 20.8 Å². The quantitative estimate of drug-likeness (QED) is 0.716. The summed E-state index contributed by atoms with van der Waals surface area (Å²) < 4.78 is 0. The van der Waals surface area contributed by atoms with E-state index in [1.54, 1.807) is 0 Å². The van der Waals surface area contributed by atoms with Crippen molar-refractivity contribution in [2.45, 2.75) is 20.8 Å². The number of Topliss-reactive ketones (excluding diaryl/α,β-unsaturated/α-hetero) is 1. The van der Waals surface area contributed by atoms with Gasteiger partial charge < -0.3 is 5.11 Å². The van der Waals surface area contributed by atoms with Gasteiger partial charge in [-0.3, -0.25) is 4.79 Å². The fourth-order valence-corrected chi connectivity index (χ4v) is 0.637. The lowest BCUT2D eigenvalue weighted by molar-refractivity contribution is -0.119. The summed E-state index contributed by atoms with van der Waals surface area (Å²) in [6.07, 6.45) is 0. The Labute approximate surface area is 79.2 Å². The third-order valence-corrected chi connectivity index (χ3v) is 1.44. The summed E-state index contributed by atoms with van der Waals surface area (Å²) in [6, 6.07) is 8.48. The standard InChI is InChI=1S/C8H10.C3H6O2/c1-7-3-5-8(2)6-4-7;1-3(5)2-4/h3-6H,1-2H3;4H,2H2,1H3. The molecule has 0 spiro atoms. The van der Waals surface area contributed by atoms with Gasteiger partial charge in [-0.15, -0.1) is 0 Å². The zero-order valence-corrected chi connectivity index (χ0v) is 8.37. The molecule has 0 radical (unpaired) electrons. The van der Waals surface area contributed by atoms with Crippen LogP contribution in [0, 0.1) is 13.8 Å². The summed E-state index contributed by atoms with van der Waals surface area (Å²) in [5, 5.41) is 7.79. The molecule has 0 amide bonds. The molecule has 0 aliphatic carbocycles. The molecule has 0 saturated carbocycles. The fourth-order valence-electron chi connectivity index (χ4n) is 0.637. The van der Waals surface area contributed by atoms with Crippen LogP contribution in [0.3, 0.4) is 0 Å². The number of aliphatic hydroxyl groups excluding tert-OH is 1. The van der Waals surface area contributed by atoms with Crippen LogP contribution in [0.1, 0.15) is 18.1 Å². The first-order chi connectivity index (χ1) is 6.06. The van der Waals surface area contributed by atoms with Gasteiger partial charge in [-0.1, -0.05) is 35.4 Å². The van der Waals surface area contributed by atoms with Crippen molar-refractivity contribution in [3.8, 4) is 0 Å². The van der Waals surface area contributed by atoms with Crippen molar-refractivity contribution in [3.05, 3.63) is 35.4 Å². The smallest absolute Gasteiger partial charge is 0.155 e. The molecule has 0 unspecified atom stereocenters. The molecule has 0 fully saturated rings. The molecule has 2 heteroatoms. The van der Waals surface area contributed by atoms with Gasteiger partial charge in [0.1, 0.15) is 6.61 Å². The average Bonchev–Trinajstić information content (AvgIpc) is 2.11. The van der Waals surface area contributed by atoms with Gasteiger partial charge in [0, 0.05) is 0 Å². The number of hydrogen-bond acceptors (Lipinski definition) is 2. The molecule has 72 valence electrons.